The predicted octanol–water partition coefficient (Wildman–Crippen LogP) is 6.12. The lowest BCUT2D eigenvalue weighted by molar-refractivity contribution is 0.101. The van der Waals surface area contributed by atoms with Crippen molar-refractivity contribution in [1.82, 2.24) is 0 Å². The van der Waals surface area contributed by atoms with Crippen LogP contribution in [0.5, 0.6) is 11.5 Å². The molecule has 4 rings (SSSR count). The number of hydrogen-bond donors (Lipinski definition) is 0. The van der Waals surface area contributed by atoms with Crippen LogP contribution in [-0.4, -0.2) is 5.78 Å². The van der Waals surface area contributed by atoms with E-state index in [1.807, 2.05) is 6.07 Å². The number of carbonyl (C=O) groups excluding carboxylic acids is 1. The molecule has 0 bridgehead atoms. The van der Waals surface area contributed by atoms with Gasteiger partial charge in [0.25, 0.3) is 0 Å². The molecule has 0 amide bonds. The van der Waals surface area contributed by atoms with Gasteiger partial charge >= 0.3 is 0 Å². The number of Topliss-reactive ketones (excluding diaryl/α,β-unsaturated/α-hetero) is 1. The van der Waals surface area contributed by atoms with Crippen molar-refractivity contribution < 1.29 is 23.0 Å². The van der Waals surface area contributed by atoms with E-state index < -0.39 is 11.6 Å². The third kappa shape index (κ3) is 3.61. The van der Waals surface area contributed by atoms with Gasteiger partial charge in [0, 0.05) is 10.6 Å². The molecule has 3 aromatic carbocycles. The van der Waals surface area contributed by atoms with E-state index in [0.717, 1.165) is 0 Å². The van der Waals surface area contributed by atoms with E-state index in [9.17, 15) is 13.6 Å². The van der Waals surface area contributed by atoms with Crippen LogP contribution in [0.15, 0.2) is 60.4 Å². The van der Waals surface area contributed by atoms with Crippen molar-refractivity contribution >= 4 is 23.5 Å². The van der Waals surface area contributed by atoms with Crippen LogP contribution >= 0.6 is 11.6 Å². The van der Waals surface area contributed by atoms with E-state index in [-0.39, 0.29) is 23.7 Å². The first-order chi connectivity index (χ1) is 14.0. The molecule has 29 heavy (non-hydrogen) atoms. The van der Waals surface area contributed by atoms with Gasteiger partial charge in [0.2, 0.25) is 5.78 Å². The average Bonchev–Trinajstić information content (AvgIpc) is 3.01. The molecule has 0 radical (unpaired) electrons. The Balaban J connectivity index is 1.61. The van der Waals surface area contributed by atoms with Crippen LogP contribution in [0, 0.1) is 18.6 Å². The maximum atomic E-state index is 13.8. The molecule has 0 N–H and O–H groups in total. The minimum Gasteiger partial charge on any atom is -0.488 e. The van der Waals surface area contributed by atoms with Gasteiger partial charge < -0.3 is 9.47 Å². The molecule has 6 heteroatoms. The van der Waals surface area contributed by atoms with Gasteiger partial charge in [0.1, 0.15) is 29.7 Å². The number of halogens is 3. The number of ether oxygens (including phenoxy) is 2. The van der Waals surface area contributed by atoms with E-state index in [1.54, 1.807) is 43.3 Å². The Labute approximate surface area is 171 Å². The first-order valence-electron chi connectivity index (χ1n) is 8.84. The maximum absolute atomic E-state index is 13.8. The molecule has 0 saturated heterocycles. The molecule has 3 aromatic rings. The first-order valence-corrected chi connectivity index (χ1v) is 9.21. The number of allylic oxidation sites excluding steroid dienone is 1. The Morgan fingerprint density at radius 3 is 2.48 bits per heavy atom. The Morgan fingerprint density at radius 1 is 1.03 bits per heavy atom. The predicted molar refractivity (Wildman–Crippen MR) is 106 cm³/mol. The second-order valence-electron chi connectivity index (χ2n) is 6.52. The molecule has 1 aliphatic rings. The normalized spacial score (nSPS) is 14.1. The molecule has 1 heterocycles. The van der Waals surface area contributed by atoms with Crippen LogP contribution in [0.3, 0.4) is 0 Å². The highest BCUT2D eigenvalue weighted by atomic mass is 35.5. The third-order valence-electron chi connectivity index (χ3n) is 4.66. The van der Waals surface area contributed by atoms with Gasteiger partial charge in [0.05, 0.1) is 11.1 Å². The maximum Gasteiger partial charge on any atom is 0.231 e. The van der Waals surface area contributed by atoms with E-state index in [2.05, 4.69) is 0 Å². The van der Waals surface area contributed by atoms with Crippen LogP contribution in [0.25, 0.3) is 6.08 Å². The lowest BCUT2D eigenvalue weighted by Gasteiger charge is -2.12. The molecule has 0 spiro atoms. The summed E-state index contributed by atoms with van der Waals surface area (Å²) < 4.78 is 39.0. The molecule has 146 valence electrons. The zero-order valence-corrected chi connectivity index (χ0v) is 16.1. The smallest absolute Gasteiger partial charge is 0.231 e. The molecule has 0 fully saturated rings. The number of fused-ring (bicyclic) bond motifs is 1. The summed E-state index contributed by atoms with van der Waals surface area (Å²) in [5, 5.41) is 0.500. The Bertz CT molecular complexity index is 1130. The minimum absolute atomic E-state index is 0.147. The summed E-state index contributed by atoms with van der Waals surface area (Å²) in [6.45, 7) is 1.44. The minimum atomic E-state index is -0.680. The SMILES string of the molecule is Cc1c(OCc2c(F)cccc2F)ccc2c1O/C(=C\c1ccccc1Cl)C2=O. The summed E-state index contributed by atoms with van der Waals surface area (Å²) in [4.78, 5) is 12.7. The van der Waals surface area contributed by atoms with Gasteiger partial charge in [-0.1, -0.05) is 35.9 Å². The molecule has 0 saturated carbocycles. The van der Waals surface area contributed by atoms with Crippen molar-refractivity contribution in [1.29, 1.82) is 0 Å². The summed E-state index contributed by atoms with van der Waals surface area (Å²) in [5.74, 6) is -0.748. The topological polar surface area (TPSA) is 35.5 Å². The molecule has 0 unspecified atom stereocenters. The Morgan fingerprint density at radius 2 is 1.76 bits per heavy atom. The standard InChI is InChI=1S/C23H15ClF2O3/c1-13-20(28-12-16-18(25)7-4-8-19(16)26)10-9-15-22(27)21(29-23(13)15)11-14-5-2-3-6-17(14)24/h2-11H,12H2,1H3/b21-11-. The number of hydrogen-bond acceptors (Lipinski definition) is 3. The Kier molecular flexibility index (Phi) is 5.07. The van der Waals surface area contributed by atoms with Crippen LogP contribution in [0.1, 0.15) is 27.0 Å². The monoisotopic (exact) mass is 412 g/mol. The number of rotatable bonds is 4. The largest absolute Gasteiger partial charge is 0.488 e. The fourth-order valence-corrected chi connectivity index (χ4v) is 3.27. The van der Waals surface area contributed by atoms with Gasteiger partial charge in [-0.05, 0) is 48.9 Å². The van der Waals surface area contributed by atoms with Crippen LogP contribution in [0.4, 0.5) is 8.78 Å². The zero-order valence-electron chi connectivity index (χ0n) is 15.3. The zero-order chi connectivity index (χ0) is 20.5. The van der Waals surface area contributed by atoms with Crippen molar-refractivity contribution in [2.75, 3.05) is 0 Å². The molecule has 1 aliphatic heterocycles. The highest BCUT2D eigenvalue weighted by molar-refractivity contribution is 6.32. The summed E-state index contributed by atoms with van der Waals surface area (Å²) in [6, 6.07) is 13.9. The van der Waals surface area contributed by atoms with Gasteiger partial charge in [-0.25, -0.2) is 8.78 Å². The van der Waals surface area contributed by atoms with E-state index in [1.165, 1.54) is 18.2 Å². The second kappa shape index (κ2) is 7.68. The van der Waals surface area contributed by atoms with E-state index >= 15 is 0 Å². The molecule has 0 aliphatic carbocycles. The number of carbonyl (C=O) groups is 1. The van der Waals surface area contributed by atoms with Crippen molar-refractivity contribution in [2.45, 2.75) is 13.5 Å². The fourth-order valence-electron chi connectivity index (χ4n) is 3.08. The van der Waals surface area contributed by atoms with Crippen molar-refractivity contribution in [3.8, 4) is 11.5 Å². The molecule has 0 atom stereocenters. The second-order valence-corrected chi connectivity index (χ2v) is 6.92. The molecular formula is C23H15ClF2O3. The van der Waals surface area contributed by atoms with E-state index in [4.69, 9.17) is 21.1 Å². The highest BCUT2D eigenvalue weighted by Gasteiger charge is 2.30. The quantitative estimate of drug-likeness (QED) is 0.484. The van der Waals surface area contributed by atoms with Crippen molar-refractivity contribution in [2.24, 2.45) is 0 Å². The van der Waals surface area contributed by atoms with Crippen LogP contribution in [-0.2, 0) is 6.61 Å². The number of ketones is 1. The van der Waals surface area contributed by atoms with Crippen molar-refractivity contribution in [3.63, 3.8) is 0 Å². The summed E-state index contributed by atoms with van der Waals surface area (Å²) in [5.41, 5.74) is 1.46. The number of benzene rings is 3. The van der Waals surface area contributed by atoms with Crippen LogP contribution in [0.2, 0.25) is 5.02 Å². The van der Waals surface area contributed by atoms with Gasteiger partial charge in [-0.15, -0.1) is 0 Å². The molecule has 3 nitrogen and oxygen atoms in total. The van der Waals surface area contributed by atoms with Gasteiger partial charge in [0.15, 0.2) is 5.76 Å². The molecule has 0 aromatic heterocycles. The van der Waals surface area contributed by atoms with Gasteiger partial charge in [-0.2, -0.15) is 0 Å². The molecular weight excluding hydrogens is 398 g/mol. The first kappa shape index (κ1) is 19.2. The van der Waals surface area contributed by atoms with Gasteiger partial charge in [-0.3, -0.25) is 4.79 Å². The van der Waals surface area contributed by atoms with Crippen LogP contribution < -0.4 is 9.47 Å². The lowest BCUT2D eigenvalue weighted by Crippen LogP contribution is -2.03. The fraction of sp³-hybridized carbons (Fsp3) is 0.0870. The van der Waals surface area contributed by atoms with E-state index in [0.29, 0.717) is 33.2 Å². The van der Waals surface area contributed by atoms with Crippen molar-refractivity contribution in [3.05, 3.63) is 99.3 Å². The Hall–Kier alpha value is -3.18. The average molecular weight is 413 g/mol. The summed E-state index contributed by atoms with van der Waals surface area (Å²) in [7, 11) is 0. The summed E-state index contributed by atoms with van der Waals surface area (Å²) in [6.07, 6.45) is 1.58. The lowest BCUT2D eigenvalue weighted by atomic mass is 10.1. The third-order valence-corrected chi connectivity index (χ3v) is 5.01. The highest BCUT2D eigenvalue weighted by Crippen LogP contribution is 2.39. The summed E-state index contributed by atoms with van der Waals surface area (Å²) >= 11 is 6.15.